The van der Waals surface area contributed by atoms with E-state index in [9.17, 15) is 18.0 Å². The molecular formula is C18H18N6O4S. The van der Waals surface area contributed by atoms with Gasteiger partial charge in [0.05, 0.1) is 22.2 Å². The molecule has 1 unspecified atom stereocenters. The van der Waals surface area contributed by atoms with Crippen LogP contribution in [0.1, 0.15) is 13.8 Å². The van der Waals surface area contributed by atoms with Crippen molar-refractivity contribution in [1.82, 2.24) is 9.97 Å². The van der Waals surface area contributed by atoms with Gasteiger partial charge in [0.15, 0.2) is 17.3 Å². The van der Waals surface area contributed by atoms with Crippen molar-refractivity contribution in [3.05, 3.63) is 54.0 Å². The number of ketones is 2. The molecule has 1 aliphatic rings. The van der Waals surface area contributed by atoms with Gasteiger partial charge in [-0.15, -0.1) is 0 Å². The molecule has 1 atom stereocenters. The third-order valence-corrected chi connectivity index (χ3v) is 5.65. The van der Waals surface area contributed by atoms with Crippen LogP contribution in [0.2, 0.25) is 0 Å². The minimum Gasteiger partial charge on any atom is -0.396 e. The molecule has 0 aliphatic heterocycles. The Morgan fingerprint density at radius 2 is 1.69 bits per heavy atom. The lowest BCUT2D eigenvalue weighted by Crippen LogP contribution is -2.39. The van der Waals surface area contributed by atoms with Crippen LogP contribution >= 0.6 is 0 Å². The van der Waals surface area contributed by atoms with Gasteiger partial charge >= 0.3 is 0 Å². The maximum Gasteiger partial charge on any atom is 0.264 e. The molecule has 0 spiro atoms. The Balaban J connectivity index is 1.78. The van der Waals surface area contributed by atoms with E-state index in [1.807, 2.05) is 0 Å². The minimum absolute atomic E-state index is 0.00799. The van der Waals surface area contributed by atoms with E-state index in [4.69, 9.17) is 5.73 Å². The molecule has 10 nitrogen and oxygen atoms in total. The molecule has 1 heterocycles. The summed E-state index contributed by atoms with van der Waals surface area (Å²) in [6.45, 7) is 3.04. The zero-order chi connectivity index (χ0) is 21.2. The van der Waals surface area contributed by atoms with E-state index in [-0.39, 0.29) is 33.6 Å². The quantitative estimate of drug-likeness (QED) is 0.484. The monoisotopic (exact) mass is 414 g/mol. The Hall–Kier alpha value is -3.60. The third-order valence-electron chi connectivity index (χ3n) is 4.30. The van der Waals surface area contributed by atoms with Crippen molar-refractivity contribution < 1.29 is 18.0 Å². The predicted molar refractivity (Wildman–Crippen MR) is 106 cm³/mol. The topological polar surface area (TPSA) is 156 Å². The summed E-state index contributed by atoms with van der Waals surface area (Å²) >= 11 is 0. The van der Waals surface area contributed by atoms with Gasteiger partial charge in [-0.25, -0.2) is 23.1 Å². The molecule has 4 N–H and O–H groups in total. The molecule has 0 amide bonds. The lowest BCUT2D eigenvalue weighted by molar-refractivity contribution is -0.126. The Labute approximate surface area is 167 Å². The number of hydrazone groups is 1. The van der Waals surface area contributed by atoms with Gasteiger partial charge in [-0.3, -0.25) is 15.0 Å². The molecule has 11 heteroatoms. The summed E-state index contributed by atoms with van der Waals surface area (Å²) in [5, 5.41) is 4.01. The first-order valence-electron chi connectivity index (χ1n) is 8.49. The molecule has 0 saturated carbocycles. The largest absolute Gasteiger partial charge is 0.396 e. The Morgan fingerprint density at radius 3 is 2.31 bits per heavy atom. The van der Waals surface area contributed by atoms with Gasteiger partial charge in [-0.05, 0) is 44.2 Å². The number of nitrogens with two attached hydrogens (primary N) is 1. The van der Waals surface area contributed by atoms with Gasteiger partial charge in [0.25, 0.3) is 10.0 Å². The molecule has 0 fully saturated rings. The SMILES string of the molecule is CC1=C(N)/C(=N/Nc2ccc(S(=O)(=O)Nc3ncccn3)cc2)C(=O)C(C)C1=O. The van der Waals surface area contributed by atoms with Crippen molar-refractivity contribution in [3.8, 4) is 0 Å². The highest BCUT2D eigenvalue weighted by Gasteiger charge is 2.35. The van der Waals surface area contributed by atoms with Gasteiger partial charge in [0, 0.05) is 18.0 Å². The van der Waals surface area contributed by atoms with E-state index < -0.39 is 21.7 Å². The van der Waals surface area contributed by atoms with Crippen LogP contribution in [-0.4, -0.2) is 35.7 Å². The van der Waals surface area contributed by atoms with Crippen LogP contribution in [0.4, 0.5) is 11.6 Å². The van der Waals surface area contributed by atoms with Crippen LogP contribution in [0.3, 0.4) is 0 Å². The second-order valence-corrected chi connectivity index (χ2v) is 7.95. The van der Waals surface area contributed by atoms with E-state index in [1.165, 1.54) is 43.6 Å². The van der Waals surface area contributed by atoms with E-state index in [1.54, 1.807) is 13.0 Å². The number of rotatable bonds is 5. The van der Waals surface area contributed by atoms with Crippen LogP contribution in [0.25, 0.3) is 0 Å². The minimum atomic E-state index is -3.86. The fourth-order valence-corrected chi connectivity index (χ4v) is 3.53. The molecule has 0 bridgehead atoms. The molecule has 2 aromatic rings. The first-order valence-corrected chi connectivity index (χ1v) is 9.98. The van der Waals surface area contributed by atoms with Gasteiger partial charge < -0.3 is 5.73 Å². The molecule has 1 aromatic heterocycles. The maximum absolute atomic E-state index is 12.4. The average molecular weight is 414 g/mol. The Kier molecular flexibility index (Phi) is 5.41. The molecule has 0 radical (unpaired) electrons. The second kappa shape index (κ2) is 7.80. The Morgan fingerprint density at radius 1 is 1.07 bits per heavy atom. The highest BCUT2D eigenvalue weighted by atomic mass is 32.2. The highest BCUT2D eigenvalue weighted by molar-refractivity contribution is 7.92. The lowest BCUT2D eigenvalue weighted by atomic mass is 9.85. The predicted octanol–water partition coefficient (Wildman–Crippen LogP) is 1.07. The van der Waals surface area contributed by atoms with E-state index in [0.29, 0.717) is 5.69 Å². The number of hydrogen-bond acceptors (Lipinski definition) is 9. The summed E-state index contributed by atoms with van der Waals surface area (Å²) < 4.78 is 27.0. The molecule has 1 aromatic carbocycles. The number of nitrogens with one attached hydrogen (secondary N) is 2. The molecule has 29 heavy (non-hydrogen) atoms. The number of aromatic nitrogens is 2. The van der Waals surface area contributed by atoms with E-state index in [0.717, 1.165) is 0 Å². The first-order chi connectivity index (χ1) is 13.7. The van der Waals surface area contributed by atoms with E-state index in [2.05, 4.69) is 25.2 Å². The number of allylic oxidation sites excluding steroid dienone is 2. The molecule has 1 aliphatic carbocycles. The number of anilines is 2. The normalized spacial score (nSPS) is 18.8. The number of hydrogen-bond donors (Lipinski definition) is 3. The number of Topliss-reactive ketones (excluding diaryl/α,β-unsaturated/α-hetero) is 2. The van der Waals surface area contributed by atoms with Crippen molar-refractivity contribution in [2.45, 2.75) is 18.7 Å². The molecular weight excluding hydrogens is 396 g/mol. The molecule has 0 saturated heterocycles. The van der Waals surface area contributed by atoms with Gasteiger partial charge in [0.2, 0.25) is 5.95 Å². The number of sulfonamides is 1. The smallest absolute Gasteiger partial charge is 0.264 e. The van der Waals surface area contributed by atoms with Gasteiger partial charge in [0.1, 0.15) is 0 Å². The van der Waals surface area contributed by atoms with Gasteiger partial charge in [-0.1, -0.05) is 0 Å². The van der Waals surface area contributed by atoms with Crippen LogP contribution in [-0.2, 0) is 19.6 Å². The summed E-state index contributed by atoms with van der Waals surface area (Å²) in [6.07, 6.45) is 2.83. The first kappa shape index (κ1) is 20.1. The fraction of sp³-hybridized carbons (Fsp3) is 0.167. The lowest BCUT2D eigenvalue weighted by Gasteiger charge is -2.19. The number of carbonyl (C=O) groups excluding carboxylic acids is 2. The zero-order valence-electron chi connectivity index (χ0n) is 15.6. The van der Waals surface area contributed by atoms with Crippen LogP contribution in [0, 0.1) is 5.92 Å². The van der Waals surface area contributed by atoms with E-state index >= 15 is 0 Å². The third kappa shape index (κ3) is 4.14. The number of nitrogens with zero attached hydrogens (tertiary/aromatic N) is 3. The Bertz CT molecular complexity index is 1120. The summed E-state index contributed by atoms with van der Waals surface area (Å²) in [5.74, 6) is -1.69. The maximum atomic E-state index is 12.4. The summed E-state index contributed by atoms with van der Waals surface area (Å²) in [4.78, 5) is 31.8. The van der Waals surface area contributed by atoms with Crippen LogP contribution < -0.4 is 15.9 Å². The average Bonchev–Trinajstić information content (AvgIpc) is 2.71. The van der Waals surface area contributed by atoms with Crippen molar-refractivity contribution in [2.75, 3.05) is 10.1 Å². The zero-order valence-corrected chi connectivity index (χ0v) is 16.4. The van der Waals surface area contributed by atoms with Crippen molar-refractivity contribution in [3.63, 3.8) is 0 Å². The van der Waals surface area contributed by atoms with Gasteiger partial charge in [-0.2, -0.15) is 5.10 Å². The summed E-state index contributed by atoms with van der Waals surface area (Å²) in [7, 11) is -3.86. The number of carbonyl (C=O) groups is 2. The van der Waals surface area contributed by atoms with Crippen molar-refractivity contribution in [2.24, 2.45) is 16.8 Å². The highest BCUT2D eigenvalue weighted by Crippen LogP contribution is 2.20. The number of benzene rings is 1. The standard InChI is InChI=1S/C18H18N6O4S/c1-10-14(19)15(17(26)11(2)16(10)25)23-22-12-4-6-13(7-5-12)29(27,28)24-18-20-8-3-9-21-18/h3-9,11,22H,19H2,1-2H3,(H,20,21,24)/b23-15-. The molecule has 150 valence electrons. The summed E-state index contributed by atoms with van der Waals surface area (Å²) in [6, 6.07) is 7.22. The van der Waals surface area contributed by atoms with Crippen LogP contribution in [0.15, 0.2) is 64.0 Å². The van der Waals surface area contributed by atoms with Crippen LogP contribution in [0.5, 0.6) is 0 Å². The summed E-state index contributed by atoms with van der Waals surface area (Å²) in [5.41, 5.74) is 9.22. The van der Waals surface area contributed by atoms with Crippen molar-refractivity contribution >= 4 is 38.9 Å². The second-order valence-electron chi connectivity index (χ2n) is 6.26. The molecule has 3 rings (SSSR count). The fourth-order valence-electron chi connectivity index (χ4n) is 2.57. The van der Waals surface area contributed by atoms with Crippen molar-refractivity contribution in [1.29, 1.82) is 0 Å².